The van der Waals surface area contributed by atoms with Crippen LogP contribution in [-0.4, -0.2) is 29.1 Å². The molecule has 0 saturated heterocycles. The summed E-state index contributed by atoms with van der Waals surface area (Å²) in [4.78, 5) is 40.0. The Balaban J connectivity index is -0.000000135. The minimum Gasteiger partial charge on any atom is -0.300 e. The number of carbonyl (C=O) groups excluding carboxylic acids is 4. The van der Waals surface area contributed by atoms with Crippen molar-refractivity contribution < 1.29 is 19.2 Å². The van der Waals surface area contributed by atoms with Crippen LogP contribution in [0.2, 0.25) is 0 Å². The zero-order chi connectivity index (χ0) is 22.4. The van der Waals surface area contributed by atoms with Gasteiger partial charge in [0.25, 0.3) is 0 Å². The van der Waals surface area contributed by atoms with Gasteiger partial charge in [-0.05, 0) is 46.6 Å². The van der Waals surface area contributed by atoms with Gasteiger partial charge in [-0.25, -0.2) is 11.3 Å². The predicted molar refractivity (Wildman–Crippen MR) is 111 cm³/mol. The second kappa shape index (κ2) is 23.6. The predicted octanol–water partition coefficient (Wildman–Crippen LogP) is 2.82. The zero-order valence-electron chi connectivity index (χ0n) is 18.4. The van der Waals surface area contributed by atoms with Crippen LogP contribution >= 0.6 is 0 Å². The SMILES string of the molecule is CC(=O)NN.CC/C(C)=C\C(C)=O.CC/C(C)=N\NC(C)=O.CCC(C)=O. The zero-order valence-corrected chi connectivity index (χ0v) is 18.4. The van der Waals surface area contributed by atoms with E-state index in [0.29, 0.717) is 6.42 Å². The molecule has 0 radical (unpaired) electrons. The van der Waals surface area contributed by atoms with E-state index in [1.807, 2.05) is 40.0 Å². The monoisotopic (exact) mass is 386 g/mol. The van der Waals surface area contributed by atoms with Crippen LogP contribution < -0.4 is 16.7 Å². The Labute approximate surface area is 164 Å². The highest BCUT2D eigenvalue weighted by molar-refractivity contribution is 5.87. The fraction of sp³-hybridized carbons (Fsp3) is 0.632. The van der Waals surface area contributed by atoms with Crippen molar-refractivity contribution in [3.8, 4) is 0 Å². The molecule has 0 aromatic rings. The Morgan fingerprint density at radius 2 is 1.22 bits per heavy atom. The van der Waals surface area contributed by atoms with Gasteiger partial charge in [0, 0.05) is 26.0 Å². The molecule has 2 amide bonds. The van der Waals surface area contributed by atoms with Crippen LogP contribution in [0.3, 0.4) is 0 Å². The van der Waals surface area contributed by atoms with E-state index in [1.54, 1.807) is 19.9 Å². The first-order valence-corrected chi connectivity index (χ1v) is 8.81. The van der Waals surface area contributed by atoms with E-state index in [2.05, 4.69) is 16.4 Å². The van der Waals surface area contributed by atoms with Gasteiger partial charge in [-0.15, -0.1) is 0 Å². The molecule has 0 aromatic heterocycles. The van der Waals surface area contributed by atoms with E-state index < -0.39 is 0 Å². The van der Waals surface area contributed by atoms with Gasteiger partial charge in [0.05, 0.1) is 0 Å². The highest BCUT2D eigenvalue weighted by atomic mass is 16.2. The van der Waals surface area contributed by atoms with Crippen LogP contribution in [0.1, 0.15) is 81.6 Å². The van der Waals surface area contributed by atoms with Crippen molar-refractivity contribution in [1.29, 1.82) is 0 Å². The Bertz CT molecular complexity index is 484. The molecule has 158 valence electrons. The number of hydrazine groups is 1. The standard InChI is InChI=1S/C7H12O.C6H12N2O.C4H8O.C2H6N2O/c1-4-6(2)5-7(3)8;1-4-5(2)7-8-6(3)9;1-3-4(2)5;1-2(5)4-3/h5H,4H2,1-3H3;4H2,1-3H3,(H,8,9);3H2,1-2H3;3H2,1H3,(H,4,5)/b6-5-;7-5-;;. The van der Waals surface area contributed by atoms with Gasteiger partial charge in [0.15, 0.2) is 5.78 Å². The van der Waals surface area contributed by atoms with E-state index in [1.165, 1.54) is 13.8 Å². The molecular formula is C19H38N4O4. The quantitative estimate of drug-likeness (QED) is 0.220. The van der Waals surface area contributed by atoms with E-state index in [9.17, 15) is 19.2 Å². The lowest BCUT2D eigenvalue weighted by Crippen LogP contribution is -2.26. The summed E-state index contributed by atoms with van der Waals surface area (Å²) in [6.07, 6.45) is 4.18. The van der Waals surface area contributed by atoms with Gasteiger partial charge >= 0.3 is 0 Å². The first-order chi connectivity index (χ1) is 12.4. The number of nitrogens with zero attached hydrogens (tertiary/aromatic N) is 1. The van der Waals surface area contributed by atoms with Crippen LogP contribution in [0.4, 0.5) is 0 Å². The molecular weight excluding hydrogens is 348 g/mol. The van der Waals surface area contributed by atoms with Crippen LogP contribution in [0.25, 0.3) is 0 Å². The summed E-state index contributed by atoms with van der Waals surface area (Å²) in [5.74, 6) is 4.63. The summed E-state index contributed by atoms with van der Waals surface area (Å²) in [7, 11) is 0. The molecule has 0 aliphatic heterocycles. The molecule has 0 saturated carbocycles. The molecule has 0 aliphatic rings. The van der Waals surface area contributed by atoms with Crippen molar-refractivity contribution in [2.24, 2.45) is 10.9 Å². The summed E-state index contributed by atoms with van der Waals surface area (Å²) < 4.78 is 0. The summed E-state index contributed by atoms with van der Waals surface area (Å²) in [6, 6.07) is 0. The fourth-order valence-corrected chi connectivity index (χ4v) is 0.702. The lowest BCUT2D eigenvalue weighted by atomic mass is 10.2. The van der Waals surface area contributed by atoms with Crippen molar-refractivity contribution in [2.45, 2.75) is 81.6 Å². The second-order valence-electron chi connectivity index (χ2n) is 5.58. The molecule has 0 rings (SSSR count). The smallest absolute Gasteiger partial charge is 0.236 e. The summed E-state index contributed by atoms with van der Waals surface area (Å²) >= 11 is 0. The van der Waals surface area contributed by atoms with Gasteiger partial charge < -0.3 is 4.79 Å². The van der Waals surface area contributed by atoms with Crippen molar-refractivity contribution in [1.82, 2.24) is 10.9 Å². The molecule has 0 spiro atoms. The third-order valence-corrected chi connectivity index (χ3v) is 2.62. The van der Waals surface area contributed by atoms with Crippen molar-refractivity contribution in [3.05, 3.63) is 11.6 Å². The molecule has 4 N–H and O–H groups in total. The molecule has 8 nitrogen and oxygen atoms in total. The molecule has 0 aliphatic carbocycles. The largest absolute Gasteiger partial charge is 0.300 e. The van der Waals surface area contributed by atoms with Crippen LogP contribution in [0.15, 0.2) is 16.8 Å². The minimum absolute atomic E-state index is 0.122. The third kappa shape index (κ3) is 51.7. The molecule has 27 heavy (non-hydrogen) atoms. The molecule has 0 bridgehead atoms. The summed E-state index contributed by atoms with van der Waals surface area (Å²) in [5, 5.41) is 3.76. The number of amides is 2. The maximum absolute atomic E-state index is 10.3. The second-order valence-corrected chi connectivity index (χ2v) is 5.58. The molecule has 8 heteroatoms. The Kier molecular flexibility index (Phi) is 28.3. The lowest BCUT2D eigenvalue weighted by molar-refractivity contribution is -0.119. The number of hydrazone groups is 1. The summed E-state index contributed by atoms with van der Waals surface area (Å²) in [5.41, 5.74) is 6.32. The lowest BCUT2D eigenvalue weighted by Gasteiger charge is -1.93. The Morgan fingerprint density at radius 3 is 1.37 bits per heavy atom. The minimum atomic E-state index is -0.218. The molecule has 0 heterocycles. The number of carbonyl (C=O) groups is 4. The number of nitrogens with two attached hydrogens (primary N) is 1. The van der Waals surface area contributed by atoms with Crippen molar-refractivity contribution in [3.63, 3.8) is 0 Å². The molecule has 0 atom stereocenters. The average molecular weight is 387 g/mol. The van der Waals surface area contributed by atoms with E-state index in [4.69, 9.17) is 0 Å². The first-order valence-electron chi connectivity index (χ1n) is 8.81. The number of rotatable bonds is 5. The van der Waals surface area contributed by atoms with E-state index in [0.717, 1.165) is 24.1 Å². The number of hydrogen-bond acceptors (Lipinski definition) is 6. The maximum atomic E-state index is 10.3. The average Bonchev–Trinajstić information content (AvgIpc) is 2.60. The van der Waals surface area contributed by atoms with Crippen LogP contribution in [-0.2, 0) is 19.2 Å². The Hall–Kier alpha value is -2.35. The van der Waals surface area contributed by atoms with E-state index >= 15 is 0 Å². The number of hydrogen-bond donors (Lipinski definition) is 3. The van der Waals surface area contributed by atoms with E-state index in [-0.39, 0.29) is 23.4 Å². The van der Waals surface area contributed by atoms with Gasteiger partial charge in [0.1, 0.15) is 5.78 Å². The van der Waals surface area contributed by atoms with Crippen molar-refractivity contribution >= 4 is 29.1 Å². The van der Waals surface area contributed by atoms with Gasteiger partial charge in [0.2, 0.25) is 11.8 Å². The number of ketones is 2. The number of allylic oxidation sites excluding steroid dienone is 2. The van der Waals surface area contributed by atoms with Gasteiger partial charge in [-0.2, -0.15) is 5.10 Å². The third-order valence-electron chi connectivity index (χ3n) is 2.62. The van der Waals surface area contributed by atoms with Crippen LogP contribution in [0, 0.1) is 0 Å². The highest BCUT2D eigenvalue weighted by Gasteiger charge is 1.86. The van der Waals surface area contributed by atoms with Gasteiger partial charge in [-0.1, -0.05) is 26.3 Å². The van der Waals surface area contributed by atoms with Gasteiger partial charge in [-0.3, -0.25) is 19.8 Å². The molecule has 0 unspecified atom stereocenters. The van der Waals surface area contributed by atoms with Crippen molar-refractivity contribution in [2.75, 3.05) is 0 Å². The number of Topliss-reactive ketones (excluding diaryl/α,β-unsaturated/α-hetero) is 1. The highest BCUT2D eigenvalue weighted by Crippen LogP contribution is 1.96. The normalized spacial score (nSPS) is 9.85. The first kappa shape index (κ1) is 32.3. The molecule has 0 fully saturated rings. The van der Waals surface area contributed by atoms with Crippen LogP contribution in [0.5, 0.6) is 0 Å². The molecule has 0 aromatic carbocycles. The Morgan fingerprint density at radius 1 is 0.815 bits per heavy atom. The topological polar surface area (TPSA) is 131 Å². The number of nitrogens with one attached hydrogen (secondary N) is 2. The fourth-order valence-electron chi connectivity index (χ4n) is 0.702. The summed E-state index contributed by atoms with van der Waals surface area (Å²) in [6.45, 7) is 15.6. The maximum Gasteiger partial charge on any atom is 0.236 e.